The number of benzene rings is 10. The summed E-state index contributed by atoms with van der Waals surface area (Å²) < 4.78 is 61.0. The summed E-state index contributed by atoms with van der Waals surface area (Å²) in [4.78, 5) is 4.19. The predicted octanol–water partition coefficient (Wildman–Crippen LogP) is 18.1. The Morgan fingerprint density at radius 2 is 0.986 bits per heavy atom. The number of allylic oxidation sites excluding steroid dienone is 3. The van der Waals surface area contributed by atoms with Gasteiger partial charge in [-0.2, -0.15) is 0 Å². The van der Waals surface area contributed by atoms with Crippen molar-refractivity contribution in [3.05, 3.63) is 276 Å². The van der Waals surface area contributed by atoms with Crippen molar-refractivity contribution in [2.45, 2.75) is 18.0 Å². The van der Waals surface area contributed by atoms with E-state index in [0.29, 0.717) is 0 Å². The van der Waals surface area contributed by atoms with Crippen LogP contribution in [0, 0.1) is 17.5 Å². The first kappa shape index (κ1) is 42.5. The number of rotatable bonds is 7. The standard InChI is InChI=1S/C67H41F4N3/c68-42-19-29-47(30-20-42)72(48-31-21-43(69)22-32-48)46-27-16-40(17-28-46)41-18-37-55-59(38-41)67(57-13-4-1-8-51(57)52-9-2-5-14-58(52)67)60-39-62(73(49-33-23-44(70)24-34-49)50-35-25-45(71)26-36-50)64-56-12-7-11-54-53-10-3-6-15-61(53)74(65(54)56)66(64)63(55)60/h1-25,27-39,45H,26H2. The first-order valence-corrected chi connectivity index (χ1v) is 24.9. The second kappa shape index (κ2) is 15.9. The van der Waals surface area contributed by atoms with Gasteiger partial charge in [0.1, 0.15) is 23.6 Å². The molecule has 2 heterocycles. The summed E-state index contributed by atoms with van der Waals surface area (Å²) in [6.45, 7) is 0. The van der Waals surface area contributed by atoms with Gasteiger partial charge in [0.2, 0.25) is 0 Å². The maximum Gasteiger partial charge on any atom is 0.123 e. The smallest absolute Gasteiger partial charge is 0.123 e. The Bertz CT molecular complexity index is 4230. The van der Waals surface area contributed by atoms with E-state index in [4.69, 9.17) is 0 Å². The predicted molar refractivity (Wildman–Crippen MR) is 293 cm³/mol. The maximum atomic E-state index is 15.1. The third-order valence-corrected chi connectivity index (χ3v) is 15.8. The molecule has 10 aromatic carbocycles. The van der Waals surface area contributed by atoms with Crippen LogP contribution in [0.5, 0.6) is 0 Å². The molecule has 0 fully saturated rings. The van der Waals surface area contributed by atoms with Gasteiger partial charge >= 0.3 is 0 Å². The van der Waals surface area contributed by atoms with Crippen molar-refractivity contribution in [1.82, 2.24) is 4.40 Å². The fourth-order valence-electron chi connectivity index (χ4n) is 12.8. The molecule has 12 aromatic rings. The van der Waals surface area contributed by atoms with Gasteiger partial charge in [0, 0.05) is 62.0 Å². The molecule has 352 valence electrons. The highest BCUT2D eigenvalue weighted by Gasteiger charge is 2.53. The minimum absolute atomic E-state index is 0.216. The molecule has 1 unspecified atom stereocenters. The van der Waals surface area contributed by atoms with Crippen molar-refractivity contribution >= 4 is 66.5 Å². The van der Waals surface area contributed by atoms with Gasteiger partial charge in [0.15, 0.2) is 0 Å². The van der Waals surface area contributed by atoms with Crippen LogP contribution in [0.2, 0.25) is 0 Å². The number of fused-ring (bicyclic) bond motifs is 17. The summed E-state index contributed by atoms with van der Waals surface area (Å²) in [6, 6.07) is 69.7. The summed E-state index contributed by atoms with van der Waals surface area (Å²) in [5.41, 5.74) is 18.5. The number of anilines is 5. The molecule has 7 heteroatoms. The van der Waals surface area contributed by atoms with Crippen molar-refractivity contribution in [1.29, 1.82) is 0 Å². The number of hydrogen-bond acceptors (Lipinski definition) is 2. The molecular weight excluding hydrogens is 923 g/mol. The lowest BCUT2D eigenvalue weighted by Gasteiger charge is -2.33. The van der Waals surface area contributed by atoms with Crippen LogP contribution in [0.1, 0.15) is 28.7 Å². The second-order valence-electron chi connectivity index (χ2n) is 19.6. The molecule has 0 radical (unpaired) electrons. The highest BCUT2D eigenvalue weighted by molar-refractivity contribution is 6.29. The van der Waals surface area contributed by atoms with Crippen LogP contribution < -0.4 is 9.80 Å². The van der Waals surface area contributed by atoms with Crippen LogP contribution in [-0.4, -0.2) is 10.6 Å². The Morgan fingerprint density at radius 1 is 0.446 bits per heavy atom. The Kier molecular flexibility index (Phi) is 9.13. The van der Waals surface area contributed by atoms with Crippen LogP contribution in [-0.2, 0) is 5.41 Å². The Hall–Kier alpha value is -9.20. The van der Waals surface area contributed by atoms with Crippen molar-refractivity contribution in [2.75, 3.05) is 9.80 Å². The van der Waals surface area contributed by atoms with E-state index in [1.807, 2.05) is 29.2 Å². The van der Waals surface area contributed by atoms with E-state index >= 15 is 4.39 Å². The summed E-state index contributed by atoms with van der Waals surface area (Å²) >= 11 is 0. The number of nitrogens with zero attached hydrogens (tertiary/aromatic N) is 3. The van der Waals surface area contributed by atoms with Crippen LogP contribution in [0.25, 0.3) is 71.5 Å². The zero-order chi connectivity index (χ0) is 49.4. The Balaban J connectivity index is 1.03. The van der Waals surface area contributed by atoms with E-state index in [1.54, 1.807) is 30.3 Å². The number of alkyl halides is 1. The Labute approximate surface area is 423 Å². The van der Waals surface area contributed by atoms with Gasteiger partial charge in [-0.05, 0) is 165 Å². The molecule has 3 nitrogen and oxygen atoms in total. The van der Waals surface area contributed by atoms with E-state index in [-0.39, 0.29) is 23.9 Å². The number of para-hydroxylation sites is 2. The second-order valence-corrected chi connectivity index (χ2v) is 19.6. The summed E-state index contributed by atoms with van der Waals surface area (Å²) in [7, 11) is 0. The zero-order valence-corrected chi connectivity index (χ0v) is 39.6. The van der Waals surface area contributed by atoms with Gasteiger partial charge in [0.25, 0.3) is 0 Å². The molecule has 2 aromatic heterocycles. The first-order valence-electron chi connectivity index (χ1n) is 24.9. The van der Waals surface area contributed by atoms with Crippen molar-refractivity contribution < 1.29 is 17.6 Å². The minimum Gasteiger partial charge on any atom is -0.310 e. The molecule has 3 aliphatic rings. The quantitative estimate of drug-likeness (QED) is 0.147. The monoisotopic (exact) mass is 963 g/mol. The van der Waals surface area contributed by atoms with Crippen molar-refractivity contribution in [3.8, 4) is 33.4 Å². The Morgan fingerprint density at radius 3 is 1.61 bits per heavy atom. The molecule has 1 atom stereocenters. The minimum atomic E-state index is -1.11. The third-order valence-electron chi connectivity index (χ3n) is 15.8. The molecular formula is C67H41F4N3. The van der Waals surface area contributed by atoms with E-state index in [9.17, 15) is 13.2 Å². The molecule has 0 saturated carbocycles. The topological polar surface area (TPSA) is 10.9 Å². The van der Waals surface area contributed by atoms with E-state index in [2.05, 4.69) is 149 Å². The number of halogens is 4. The fraction of sp³-hybridized carbons (Fsp3) is 0.0448. The van der Waals surface area contributed by atoms with E-state index in [1.165, 1.54) is 58.7 Å². The molecule has 74 heavy (non-hydrogen) atoms. The van der Waals surface area contributed by atoms with Gasteiger partial charge in [-0.1, -0.05) is 115 Å². The molecule has 0 saturated heterocycles. The molecule has 0 amide bonds. The molecule has 0 bridgehead atoms. The van der Waals surface area contributed by atoms with Gasteiger partial charge in [-0.15, -0.1) is 0 Å². The molecule has 3 aliphatic carbocycles. The average molecular weight is 964 g/mol. The van der Waals surface area contributed by atoms with E-state index in [0.717, 1.165) is 106 Å². The summed E-state index contributed by atoms with van der Waals surface area (Å²) in [6.07, 6.45) is 4.55. The highest BCUT2D eigenvalue weighted by atomic mass is 19.1. The van der Waals surface area contributed by atoms with Gasteiger partial charge in [-0.25, -0.2) is 17.6 Å². The van der Waals surface area contributed by atoms with Crippen LogP contribution >= 0.6 is 0 Å². The van der Waals surface area contributed by atoms with Gasteiger partial charge < -0.3 is 14.2 Å². The van der Waals surface area contributed by atoms with Crippen LogP contribution in [0.4, 0.5) is 46.0 Å². The molecule has 15 rings (SSSR count). The maximum absolute atomic E-state index is 15.1. The highest BCUT2D eigenvalue weighted by Crippen LogP contribution is 2.66. The van der Waals surface area contributed by atoms with E-state index < -0.39 is 11.6 Å². The lowest BCUT2D eigenvalue weighted by molar-refractivity contribution is 0.400. The summed E-state index contributed by atoms with van der Waals surface area (Å²) in [5, 5.41) is 4.45. The SMILES string of the molecule is Fc1ccc(N(C2=CCC(F)C=C2)c2cc3c(c4c2c2cccc5c6ccccc6n4c52)-c2ccc(-c4ccc(N(c5ccc(F)cc5)c5ccc(F)cc5)cc4)cc2C32c3ccccc3-c3ccccc32)cc1. The fourth-order valence-corrected chi connectivity index (χ4v) is 12.8. The molecule has 0 N–H and O–H groups in total. The average Bonchev–Trinajstić information content (AvgIpc) is 4.18. The molecule has 1 spiro atoms. The summed E-state index contributed by atoms with van der Waals surface area (Å²) in [5.74, 6) is -1.02. The van der Waals surface area contributed by atoms with Crippen molar-refractivity contribution in [2.24, 2.45) is 0 Å². The normalized spacial score (nSPS) is 15.0. The molecule has 0 aliphatic heterocycles. The van der Waals surface area contributed by atoms with Crippen LogP contribution in [0.15, 0.2) is 236 Å². The lowest BCUT2D eigenvalue weighted by Crippen LogP contribution is -2.26. The number of hydrogen-bond donors (Lipinski definition) is 0. The lowest BCUT2D eigenvalue weighted by atomic mass is 9.70. The van der Waals surface area contributed by atoms with Crippen molar-refractivity contribution in [3.63, 3.8) is 0 Å². The first-order chi connectivity index (χ1) is 36.3. The number of aromatic nitrogens is 1. The zero-order valence-electron chi connectivity index (χ0n) is 39.6. The van der Waals surface area contributed by atoms with Gasteiger partial charge in [-0.3, -0.25) is 0 Å². The van der Waals surface area contributed by atoms with Crippen LogP contribution in [0.3, 0.4) is 0 Å². The third kappa shape index (κ3) is 5.95. The largest absolute Gasteiger partial charge is 0.310 e. The van der Waals surface area contributed by atoms with Gasteiger partial charge in [0.05, 0.1) is 27.7 Å².